The van der Waals surface area contributed by atoms with E-state index in [-0.39, 0.29) is 30.6 Å². The Labute approximate surface area is 161 Å². The number of carbonyl (C=O) groups excluding carboxylic acids is 2. The number of hydrogen-bond donors (Lipinski definition) is 1. The van der Waals surface area contributed by atoms with Crippen LogP contribution in [-0.2, 0) is 4.79 Å². The van der Waals surface area contributed by atoms with Gasteiger partial charge in [0.1, 0.15) is 5.75 Å². The molecule has 2 aromatic carbocycles. The van der Waals surface area contributed by atoms with Gasteiger partial charge < -0.3 is 15.0 Å². The van der Waals surface area contributed by atoms with Crippen LogP contribution in [0.2, 0.25) is 0 Å². The third-order valence-corrected chi connectivity index (χ3v) is 4.64. The average Bonchev–Trinajstić information content (AvgIpc) is 2.67. The molecule has 1 amide bonds. The topological polar surface area (TPSA) is 58.6 Å². The molecule has 0 aromatic heterocycles. The fraction of sp³-hybridized carbons (Fsp3) is 0.364. The first kappa shape index (κ1) is 20.6. The number of Topliss-reactive ketones (excluding diaryl/α,β-unsaturated/α-hetero) is 1. The van der Waals surface area contributed by atoms with Gasteiger partial charge in [-0.1, -0.05) is 36.4 Å². The minimum absolute atomic E-state index is 0.00237. The summed E-state index contributed by atoms with van der Waals surface area (Å²) in [6, 6.07) is 15.3. The van der Waals surface area contributed by atoms with Crippen molar-refractivity contribution in [1.82, 2.24) is 10.2 Å². The fourth-order valence-corrected chi connectivity index (χ4v) is 2.97. The number of ether oxygens (including phenoxy) is 1. The van der Waals surface area contributed by atoms with E-state index >= 15 is 0 Å². The van der Waals surface area contributed by atoms with E-state index in [9.17, 15) is 9.59 Å². The molecule has 2 rings (SSSR count). The summed E-state index contributed by atoms with van der Waals surface area (Å²) in [5.74, 6) is 0.690. The first-order chi connectivity index (χ1) is 12.9. The standard InChI is InChI=1S/C22H28N2O3/c1-16-7-5-6-8-19(16)21(25)13-14-22(26)23-15-20(24(2)3)17-9-11-18(27-4)12-10-17/h5-12,20H,13-15H2,1-4H3,(H,23,26). The molecule has 0 saturated carbocycles. The average molecular weight is 368 g/mol. The molecule has 0 aliphatic carbocycles. The van der Waals surface area contributed by atoms with E-state index in [0.717, 1.165) is 16.9 Å². The lowest BCUT2D eigenvalue weighted by Gasteiger charge is -2.25. The molecule has 0 fully saturated rings. The highest BCUT2D eigenvalue weighted by Crippen LogP contribution is 2.20. The van der Waals surface area contributed by atoms with Gasteiger partial charge in [0.2, 0.25) is 5.91 Å². The van der Waals surface area contributed by atoms with E-state index in [2.05, 4.69) is 10.2 Å². The number of ketones is 1. The van der Waals surface area contributed by atoms with Crippen LogP contribution in [0.4, 0.5) is 0 Å². The van der Waals surface area contributed by atoms with Gasteiger partial charge in [-0.05, 0) is 44.3 Å². The smallest absolute Gasteiger partial charge is 0.220 e. The Morgan fingerprint density at radius 1 is 1.04 bits per heavy atom. The van der Waals surface area contributed by atoms with Gasteiger partial charge in [-0.25, -0.2) is 0 Å². The number of nitrogens with one attached hydrogen (secondary N) is 1. The van der Waals surface area contributed by atoms with Crippen LogP contribution >= 0.6 is 0 Å². The molecular formula is C22H28N2O3. The molecule has 1 N–H and O–H groups in total. The number of amides is 1. The lowest BCUT2D eigenvalue weighted by molar-refractivity contribution is -0.121. The van der Waals surface area contributed by atoms with E-state index < -0.39 is 0 Å². The largest absolute Gasteiger partial charge is 0.497 e. The molecule has 0 radical (unpaired) electrons. The Hall–Kier alpha value is -2.66. The highest BCUT2D eigenvalue weighted by Gasteiger charge is 2.16. The summed E-state index contributed by atoms with van der Waals surface area (Å²) in [4.78, 5) is 26.6. The quantitative estimate of drug-likeness (QED) is 0.690. The zero-order chi connectivity index (χ0) is 19.8. The molecule has 144 valence electrons. The molecule has 0 aliphatic heterocycles. The first-order valence-corrected chi connectivity index (χ1v) is 9.08. The predicted octanol–water partition coefficient (Wildman–Crippen LogP) is 3.39. The fourth-order valence-electron chi connectivity index (χ4n) is 2.97. The van der Waals surface area contributed by atoms with Crippen LogP contribution in [0.5, 0.6) is 5.75 Å². The van der Waals surface area contributed by atoms with Crippen LogP contribution in [0.3, 0.4) is 0 Å². The molecule has 0 heterocycles. The van der Waals surface area contributed by atoms with Crippen molar-refractivity contribution in [2.24, 2.45) is 0 Å². The molecule has 0 saturated heterocycles. The van der Waals surface area contributed by atoms with Crippen LogP contribution < -0.4 is 10.1 Å². The number of aryl methyl sites for hydroxylation is 1. The lowest BCUT2D eigenvalue weighted by atomic mass is 10.0. The van der Waals surface area contributed by atoms with Crippen LogP contribution in [0.25, 0.3) is 0 Å². The van der Waals surface area contributed by atoms with Gasteiger partial charge in [-0.3, -0.25) is 9.59 Å². The Morgan fingerprint density at radius 2 is 1.70 bits per heavy atom. The molecule has 1 unspecified atom stereocenters. The monoisotopic (exact) mass is 368 g/mol. The third-order valence-electron chi connectivity index (χ3n) is 4.64. The van der Waals surface area contributed by atoms with Crippen molar-refractivity contribution in [2.75, 3.05) is 27.7 Å². The Kier molecular flexibility index (Phi) is 7.55. The predicted molar refractivity (Wildman–Crippen MR) is 107 cm³/mol. The van der Waals surface area contributed by atoms with Crippen molar-refractivity contribution in [1.29, 1.82) is 0 Å². The number of benzene rings is 2. The van der Waals surface area contributed by atoms with Crippen LogP contribution in [0, 0.1) is 6.92 Å². The number of methoxy groups -OCH3 is 1. The summed E-state index contributed by atoms with van der Waals surface area (Å²) in [5.41, 5.74) is 2.72. The lowest BCUT2D eigenvalue weighted by Crippen LogP contribution is -2.34. The van der Waals surface area contributed by atoms with E-state index in [1.54, 1.807) is 13.2 Å². The highest BCUT2D eigenvalue weighted by atomic mass is 16.5. The molecule has 1 atom stereocenters. The zero-order valence-corrected chi connectivity index (χ0v) is 16.5. The molecule has 2 aromatic rings. The summed E-state index contributed by atoms with van der Waals surface area (Å²) < 4.78 is 5.19. The summed E-state index contributed by atoms with van der Waals surface area (Å²) >= 11 is 0. The number of hydrogen-bond acceptors (Lipinski definition) is 4. The molecule has 27 heavy (non-hydrogen) atoms. The molecule has 5 heteroatoms. The van der Waals surface area contributed by atoms with E-state index in [1.807, 2.05) is 63.5 Å². The summed E-state index contributed by atoms with van der Waals surface area (Å²) in [7, 11) is 5.59. The molecule has 0 bridgehead atoms. The van der Waals surface area contributed by atoms with E-state index in [4.69, 9.17) is 4.74 Å². The normalized spacial score (nSPS) is 11.9. The van der Waals surface area contributed by atoms with Gasteiger partial charge in [0, 0.05) is 24.9 Å². The number of rotatable bonds is 9. The Balaban J connectivity index is 1.88. The molecular weight excluding hydrogens is 340 g/mol. The van der Waals surface area contributed by atoms with Crippen LogP contribution in [-0.4, -0.2) is 44.3 Å². The van der Waals surface area contributed by atoms with Gasteiger partial charge in [-0.15, -0.1) is 0 Å². The molecule has 0 aliphatic rings. The Bertz CT molecular complexity index is 769. The van der Waals surface area contributed by atoms with E-state index in [0.29, 0.717) is 12.1 Å². The second-order valence-corrected chi connectivity index (χ2v) is 6.79. The van der Waals surface area contributed by atoms with Crippen LogP contribution in [0.15, 0.2) is 48.5 Å². The van der Waals surface area contributed by atoms with Crippen molar-refractivity contribution in [2.45, 2.75) is 25.8 Å². The van der Waals surface area contributed by atoms with Gasteiger partial charge in [0.05, 0.1) is 13.2 Å². The van der Waals surface area contributed by atoms with Crippen molar-refractivity contribution >= 4 is 11.7 Å². The van der Waals surface area contributed by atoms with Crippen LogP contribution in [0.1, 0.15) is 40.4 Å². The second kappa shape index (κ2) is 9.88. The van der Waals surface area contributed by atoms with Gasteiger partial charge in [0.15, 0.2) is 5.78 Å². The maximum absolute atomic E-state index is 12.3. The number of likely N-dealkylation sites (N-methyl/N-ethyl adjacent to an activating group) is 1. The van der Waals surface area contributed by atoms with Crippen molar-refractivity contribution in [3.8, 4) is 5.75 Å². The van der Waals surface area contributed by atoms with Crippen molar-refractivity contribution in [3.05, 3.63) is 65.2 Å². The zero-order valence-electron chi connectivity index (χ0n) is 16.5. The SMILES string of the molecule is COc1ccc(C(CNC(=O)CCC(=O)c2ccccc2C)N(C)C)cc1. The Morgan fingerprint density at radius 3 is 2.30 bits per heavy atom. The second-order valence-electron chi connectivity index (χ2n) is 6.79. The maximum Gasteiger partial charge on any atom is 0.220 e. The molecule has 0 spiro atoms. The van der Waals surface area contributed by atoms with E-state index in [1.165, 1.54) is 0 Å². The van der Waals surface area contributed by atoms with Crippen molar-refractivity contribution in [3.63, 3.8) is 0 Å². The van der Waals surface area contributed by atoms with Gasteiger partial charge >= 0.3 is 0 Å². The third kappa shape index (κ3) is 5.93. The van der Waals surface area contributed by atoms with Gasteiger partial charge in [0.25, 0.3) is 0 Å². The molecule has 5 nitrogen and oxygen atoms in total. The minimum Gasteiger partial charge on any atom is -0.497 e. The highest BCUT2D eigenvalue weighted by molar-refractivity contribution is 5.99. The summed E-state index contributed by atoms with van der Waals surface area (Å²) in [6.07, 6.45) is 0.405. The maximum atomic E-state index is 12.3. The first-order valence-electron chi connectivity index (χ1n) is 9.08. The van der Waals surface area contributed by atoms with Gasteiger partial charge in [-0.2, -0.15) is 0 Å². The number of nitrogens with zero attached hydrogens (tertiary/aromatic N) is 1. The number of carbonyl (C=O) groups is 2. The summed E-state index contributed by atoms with van der Waals surface area (Å²) in [6.45, 7) is 2.39. The summed E-state index contributed by atoms with van der Waals surface area (Å²) in [5, 5.41) is 2.95. The van der Waals surface area contributed by atoms with Crippen molar-refractivity contribution < 1.29 is 14.3 Å². The minimum atomic E-state index is -0.114.